The molecular formula is C75H128O6. The van der Waals surface area contributed by atoms with Crippen molar-refractivity contribution in [2.45, 2.75) is 335 Å². The van der Waals surface area contributed by atoms with E-state index in [0.717, 1.165) is 122 Å². The number of hydrogen-bond acceptors (Lipinski definition) is 6. The summed E-state index contributed by atoms with van der Waals surface area (Å²) in [6, 6.07) is 0. The molecule has 0 radical (unpaired) electrons. The fourth-order valence-electron chi connectivity index (χ4n) is 9.59. The molecule has 0 N–H and O–H groups in total. The van der Waals surface area contributed by atoms with E-state index in [9.17, 15) is 14.4 Å². The van der Waals surface area contributed by atoms with Crippen molar-refractivity contribution >= 4 is 17.9 Å². The lowest BCUT2D eigenvalue weighted by atomic mass is 10.0. The summed E-state index contributed by atoms with van der Waals surface area (Å²) in [5.74, 6) is -0.890. The van der Waals surface area contributed by atoms with Crippen LogP contribution < -0.4 is 0 Å². The first-order valence-electron chi connectivity index (χ1n) is 34.4. The van der Waals surface area contributed by atoms with E-state index in [1.807, 2.05) is 0 Å². The summed E-state index contributed by atoms with van der Waals surface area (Å²) in [7, 11) is 0. The predicted octanol–water partition coefficient (Wildman–Crippen LogP) is 23.8. The molecule has 81 heavy (non-hydrogen) atoms. The summed E-state index contributed by atoms with van der Waals surface area (Å²) in [4.78, 5) is 38.3. The number of allylic oxidation sites excluding steroid dienone is 18. The smallest absolute Gasteiger partial charge is 0.306 e. The lowest BCUT2D eigenvalue weighted by Crippen LogP contribution is -2.30. The van der Waals surface area contributed by atoms with Gasteiger partial charge < -0.3 is 14.2 Å². The second-order valence-electron chi connectivity index (χ2n) is 22.7. The van der Waals surface area contributed by atoms with Crippen LogP contribution in [-0.4, -0.2) is 37.2 Å². The molecule has 0 heterocycles. The maximum absolute atomic E-state index is 12.9. The van der Waals surface area contributed by atoms with Crippen molar-refractivity contribution in [3.8, 4) is 0 Å². The van der Waals surface area contributed by atoms with Gasteiger partial charge in [-0.15, -0.1) is 0 Å². The third kappa shape index (κ3) is 66.8. The van der Waals surface area contributed by atoms with Crippen LogP contribution in [0.5, 0.6) is 0 Å². The molecule has 464 valence electrons. The molecule has 0 fully saturated rings. The first kappa shape index (κ1) is 77.1. The lowest BCUT2D eigenvalue weighted by Gasteiger charge is -2.18. The number of rotatable bonds is 62. The van der Waals surface area contributed by atoms with Crippen LogP contribution in [0.15, 0.2) is 109 Å². The van der Waals surface area contributed by atoms with Crippen LogP contribution in [0.1, 0.15) is 329 Å². The fourth-order valence-corrected chi connectivity index (χ4v) is 9.59. The largest absolute Gasteiger partial charge is 0.462 e. The summed E-state index contributed by atoms with van der Waals surface area (Å²) < 4.78 is 16.9. The Kier molecular flexibility index (Phi) is 65.2. The zero-order chi connectivity index (χ0) is 58.5. The van der Waals surface area contributed by atoms with Crippen LogP contribution in [0.2, 0.25) is 0 Å². The van der Waals surface area contributed by atoms with Crippen LogP contribution in [0.3, 0.4) is 0 Å². The van der Waals surface area contributed by atoms with Gasteiger partial charge in [0, 0.05) is 19.3 Å². The molecule has 0 aliphatic rings. The van der Waals surface area contributed by atoms with E-state index in [1.165, 1.54) is 167 Å². The van der Waals surface area contributed by atoms with E-state index in [-0.39, 0.29) is 31.1 Å². The van der Waals surface area contributed by atoms with Gasteiger partial charge >= 0.3 is 17.9 Å². The van der Waals surface area contributed by atoms with Gasteiger partial charge in [-0.2, -0.15) is 0 Å². The van der Waals surface area contributed by atoms with E-state index in [4.69, 9.17) is 14.2 Å². The molecular weight excluding hydrogens is 997 g/mol. The Morgan fingerprint density at radius 1 is 0.259 bits per heavy atom. The number of unbranched alkanes of at least 4 members (excludes halogenated alkanes) is 33. The monoisotopic (exact) mass is 1120 g/mol. The van der Waals surface area contributed by atoms with Crippen molar-refractivity contribution in [3.05, 3.63) is 109 Å². The van der Waals surface area contributed by atoms with E-state index in [1.54, 1.807) is 0 Å². The molecule has 1 unspecified atom stereocenters. The first-order chi connectivity index (χ1) is 40.0. The third-order valence-electron chi connectivity index (χ3n) is 14.7. The van der Waals surface area contributed by atoms with Crippen LogP contribution in [-0.2, 0) is 28.6 Å². The minimum atomic E-state index is -0.786. The molecule has 0 aromatic heterocycles. The highest BCUT2D eigenvalue weighted by Gasteiger charge is 2.19. The van der Waals surface area contributed by atoms with E-state index >= 15 is 0 Å². The third-order valence-corrected chi connectivity index (χ3v) is 14.7. The number of esters is 3. The Bertz CT molecular complexity index is 1620. The van der Waals surface area contributed by atoms with Crippen molar-refractivity contribution in [1.82, 2.24) is 0 Å². The van der Waals surface area contributed by atoms with E-state index in [0.29, 0.717) is 19.3 Å². The van der Waals surface area contributed by atoms with Crippen molar-refractivity contribution in [2.24, 2.45) is 0 Å². The van der Waals surface area contributed by atoms with Crippen LogP contribution >= 0.6 is 0 Å². The molecule has 0 amide bonds. The highest BCUT2D eigenvalue weighted by atomic mass is 16.6. The maximum atomic E-state index is 12.9. The van der Waals surface area contributed by atoms with Crippen molar-refractivity contribution in [2.75, 3.05) is 13.2 Å². The number of carbonyl (C=O) groups excluding carboxylic acids is 3. The van der Waals surface area contributed by atoms with E-state index < -0.39 is 6.10 Å². The van der Waals surface area contributed by atoms with Gasteiger partial charge in [-0.05, 0) is 128 Å². The summed E-state index contributed by atoms with van der Waals surface area (Å²) >= 11 is 0. The molecule has 0 saturated heterocycles. The molecule has 0 bridgehead atoms. The Morgan fingerprint density at radius 2 is 0.481 bits per heavy atom. The summed E-state index contributed by atoms with van der Waals surface area (Å²) in [6.45, 7) is 6.51. The quantitative estimate of drug-likeness (QED) is 0.0261. The van der Waals surface area contributed by atoms with E-state index in [2.05, 4.69) is 130 Å². The van der Waals surface area contributed by atoms with Gasteiger partial charge in [0.15, 0.2) is 6.10 Å². The van der Waals surface area contributed by atoms with Crippen molar-refractivity contribution in [1.29, 1.82) is 0 Å². The molecule has 0 aliphatic carbocycles. The highest BCUT2D eigenvalue weighted by molar-refractivity contribution is 5.71. The summed E-state index contributed by atoms with van der Waals surface area (Å²) in [5.41, 5.74) is 0. The average molecular weight is 1130 g/mol. The topological polar surface area (TPSA) is 78.9 Å². The zero-order valence-corrected chi connectivity index (χ0v) is 53.3. The second-order valence-corrected chi connectivity index (χ2v) is 22.7. The zero-order valence-electron chi connectivity index (χ0n) is 53.3. The molecule has 6 heteroatoms. The lowest BCUT2D eigenvalue weighted by molar-refractivity contribution is -0.167. The molecule has 0 aromatic carbocycles. The van der Waals surface area contributed by atoms with Crippen LogP contribution in [0.4, 0.5) is 0 Å². The van der Waals surface area contributed by atoms with Crippen molar-refractivity contribution < 1.29 is 28.6 Å². The molecule has 0 saturated carbocycles. The van der Waals surface area contributed by atoms with Crippen LogP contribution in [0, 0.1) is 0 Å². The Morgan fingerprint density at radius 3 is 0.790 bits per heavy atom. The molecule has 0 aromatic rings. The van der Waals surface area contributed by atoms with Gasteiger partial charge in [0.1, 0.15) is 13.2 Å². The fraction of sp³-hybridized carbons (Fsp3) is 0.720. The number of ether oxygens (including phenoxy) is 3. The normalized spacial score (nSPS) is 12.8. The number of carbonyl (C=O) groups is 3. The van der Waals surface area contributed by atoms with Gasteiger partial charge in [-0.25, -0.2) is 0 Å². The van der Waals surface area contributed by atoms with Crippen LogP contribution in [0.25, 0.3) is 0 Å². The Labute approximate surface area is 501 Å². The molecule has 0 aliphatic heterocycles. The minimum Gasteiger partial charge on any atom is -0.462 e. The maximum Gasteiger partial charge on any atom is 0.306 e. The average Bonchev–Trinajstić information content (AvgIpc) is 3.47. The summed E-state index contributed by atoms with van der Waals surface area (Å²) in [5, 5.41) is 0. The van der Waals surface area contributed by atoms with Crippen molar-refractivity contribution in [3.63, 3.8) is 0 Å². The first-order valence-corrected chi connectivity index (χ1v) is 34.4. The van der Waals surface area contributed by atoms with Gasteiger partial charge in [0.25, 0.3) is 0 Å². The molecule has 6 nitrogen and oxygen atoms in total. The highest BCUT2D eigenvalue weighted by Crippen LogP contribution is 2.16. The SMILES string of the molecule is CC/C=C\C/C=C\C/C=C\C/C=C\C/C=C\C/C=C\C/C=C\CCCCCCCCCCCCCCCC(=O)OCC(COC(=O)CCCCCCC/C=C\CCCCC)OC(=O)CCCCCCC/C=C\CCCCCCCCC. The molecule has 0 spiro atoms. The standard InChI is InChI=1S/C75H128O6/c1-4-7-10-13-16-19-22-25-27-29-30-31-32-33-34-35-36-37-38-39-40-41-42-43-44-45-46-47-49-50-53-56-59-62-65-68-74(77)80-71-72(70-79-73(76)67-64-61-58-55-52-24-21-18-15-12-9-6-3)81-75(78)69-66-63-60-57-54-51-48-28-26-23-20-17-14-11-8-5-2/h7,10,16,18-19,21,25,27-28,30-31,33-34,36-37,39-40,48,72H,4-6,8-9,11-15,17,20,22-24,26,29,32,35,38,41-47,49-71H2,1-3H3/b10-7-,19-16-,21-18-,27-25-,31-30-,34-33-,37-36-,40-39-,48-28-. The Hall–Kier alpha value is -3.93. The van der Waals surface area contributed by atoms with Gasteiger partial charge in [0.05, 0.1) is 0 Å². The summed E-state index contributed by atoms with van der Waals surface area (Å²) in [6.07, 6.45) is 94.0. The van der Waals surface area contributed by atoms with Gasteiger partial charge in [0.2, 0.25) is 0 Å². The molecule has 1 atom stereocenters. The molecule has 0 rings (SSSR count). The number of hydrogen-bond donors (Lipinski definition) is 0. The second kappa shape index (κ2) is 68.6. The Balaban J connectivity index is 4.17. The minimum absolute atomic E-state index is 0.0823. The predicted molar refractivity (Wildman–Crippen MR) is 353 cm³/mol. The van der Waals surface area contributed by atoms with Gasteiger partial charge in [-0.3, -0.25) is 14.4 Å². The van der Waals surface area contributed by atoms with Gasteiger partial charge in [-0.1, -0.05) is 291 Å².